The van der Waals surface area contributed by atoms with Crippen molar-refractivity contribution in [2.75, 3.05) is 26.2 Å². The van der Waals surface area contributed by atoms with E-state index in [0.29, 0.717) is 17.8 Å². The van der Waals surface area contributed by atoms with Crippen LogP contribution in [0.4, 0.5) is 0 Å². The average molecular weight is 291 g/mol. The lowest BCUT2D eigenvalue weighted by molar-refractivity contribution is 0.0696. The quantitative estimate of drug-likeness (QED) is 0.817. The molecule has 0 atom stereocenters. The highest BCUT2D eigenvalue weighted by molar-refractivity contribution is 5.87. The third kappa shape index (κ3) is 5.05. The molecular formula is C17H25NO3. The van der Waals surface area contributed by atoms with Crippen LogP contribution < -0.4 is 4.74 Å². The largest absolute Gasteiger partial charge is 0.494 e. The first kappa shape index (κ1) is 15.8. The van der Waals surface area contributed by atoms with Crippen molar-refractivity contribution in [2.24, 2.45) is 5.41 Å². The summed E-state index contributed by atoms with van der Waals surface area (Å²) < 4.78 is 5.64. The second-order valence-corrected chi connectivity index (χ2v) is 6.54. The molecule has 1 aromatic carbocycles. The summed E-state index contributed by atoms with van der Waals surface area (Å²) in [5, 5.41) is 8.93. The summed E-state index contributed by atoms with van der Waals surface area (Å²) in [6.07, 6.45) is 3.49. The van der Waals surface area contributed by atoms with Crippen molar-refractivity contribution >= 4 is 5.97 Å². The molecule has 0 spiro atoms. The van der Waals surface area contributed by atoms with E-state index in [1.807, 2.05) is 0 Å². The van der Waals surface area contributed by atoms with Crippen LogP contribution in [-0.4, -0.2) is 42.2 Å². The number of rotatable bonds is 6. The van der Waals surface area contributed by atoms with E-state index in [2.05, 4.69) is 18.7 Å². The topological polar surface area (TPSA) is 49.8 Å². The molecule has 0 bridgehead atoms. The van der Waals surface area contributed by atoms with Crippen molar-refractivity contribution in [3.8, 4) is 5.75 Å². The third-order valence-corrected chi connectivity index (χ3v) is 4.18. The van der Waals surface area contributed by atoms with Gasteiger partial charge in [0.2, 0.25) is 0 Å². The van der Waals surface area contributed by atoms with Gasteiger partial charge in [0.05, 0.1) is 12.2 Å². The predicted molar refractivity (Wildman–Crippen MR) is 83.0 cm³/mol. The Balaban J connectivity index is 1.68. The van der Waals surface area contributed by atoms with Crippen molar-refractivity contribution in [1.82, 2.24) is 4.90 Å². The van der Waals surface area contributed by atoms with Crippen LogP contribution in [0.25, 0.3) is 0 Å². The summed E-state index contributed by atoms with van der Waals surface area (Å²) in [5.74, 6) is -0.286. The minimum Gasteiger partial charge on any atom is -0.494 e. The number of carboxylic acids is 1. The molecule has 0 amide bonds. The minimum absolute atomic E-state index is 0.269. The Morgan fingerprint density at radius 3 is 2.71 bits per heavy atom. The Kier molecular flexibility index (Phi) is 5.23. The average Bonchev–Trinajstić information content (AvgIpc) is 2.45. The molecule has 1 aliphatic heterocycles. The molecule has 1 saturated heterocycles. The van der Waals surface area contributed by atoms with Gasteiger partial charge >= 0.3 is 5.97 Å². The van der Waals surface area contributed by atoms with Crippen LogP contribution in [0.3, 0.4) is 0 Å². The standard InChI is InChI=1S/C17H25NO3/c1-17(2)7-10-18(11-8-17)9-4-12-21-15-6-3-5-14(13-15)16(19)20/h3,5-6,13H,4,7-12H2,1-2H3,(H,19,20). The van der Waals surface area contributed by atoms with E-state index in [-0.39, 0.29) is 5.56 Å². The number of piperidine rings is 1. The number of likely N-dealkylation sites (tertiary alicyclic amines) is 1. The fraction of sp³-hybridized carbons (Fsp3) is 0.588. The number of hydrogen-bond donors (Lipinski definition) is 1. The molecular weight excluding hydrogens is 266 g/mol. The molecule has 0 aromatic heterocycles. The van der Waals surface area contributed by atoms with Gasteiger partial charge in [-0.3, -0.25) is 0 Å². The number of nitrogens with zero attached hydrogens (tertiary/aromatic N) is 1. The number of aromatic carboxylic acids is 1. The number of ether oxygens (including phenoxy) is 1. The summed E-state index contributed by atoms with van der Waals surface area (Å²) in [4.78, 5) is 13.4. The minimum atomic E-state index is -0.920. The van der Waals surface area contributed by atoms with Crippen molar-refractivity contribution in [3.63, 3.8) is 0 Å². The molecule has 0 radical (unpaired) electrons. The summed E-state index contributed by atoms with van der Waals surface area (Å²) in [6, 6.07) is 6.66. The van der Waals surface area contributed by atoms with Crippen LogP contribution in [0.2, 0.25) is 0 Å². The van der Waals surface area contributed by atoms with Crippen molar-refractivity contribution < 1.29 is 14.6 Å². The monoisotopic (exact) mass is 291 g/mol. The number of hydrogen-bond acceptors (Lipinski definition) is 3. The van der Waals surface area contributed by atoms with Gasteiger partial charge in [-0.05, 0) is 56.0 Å². The van der Waals surface area contributed by atoms with E-state index >= 15 is 0 Å². The van der Waals surface area contributed by atoms with Crippen molar-refractivity contribution in [3.05, 3.63) is 29.8 Å². The van der Waals surface area contributed by atoms with Gasteiger partial charge in [-0.2, -0.15) is 0 Å². The molecule has 0 aliphatic carbocycles. The molecule has 116 valence electrons. The Hall–Kier alpha value is -1.55. The zero-order chi connectivity index (χ0) is 15.3. The van der Waals surface area contributed by atoms with Gasteiger partial charge in [0, 0.05) is 6.54 Å². The van der Waals surface area contributed by atoms with Crippen LogP contribution in [0.1, 0.15) is 43.5 Å². The van der Waals surface area contributed by atoms with E-state index in [9.17, 15) is 4.79 Å². The number of carbonyl (C=O) groups is 1. The van der Waals surface area contributed by atoms with Crippen molar-refractivity contribution in [2.45, 2.75) is 33.1 Å². The molecule has 21 heavy (non-hydrogen) atoms. The van der Waals surface area contributed by atoms with Gasteiger partial charge < -0.3 is 14.7 Å². The second-order valence-electron chi connectivity index (χ2n) is 6.54. The van der Waals surface area contributed by atoms with Crippen LogP contribution in [0, 0.1) is 5.41 Å². The zero-order valence-corrected chi connectivity index (χ0v) is 13.0. The second kappa shape index (κ2) is 6.94. The van der Waals surface area contributed by atoms with Gasteiger partial charge in [0.15, 0.2) is 0 Å². The van der Waals surface area contributed by atoms with Gasteiger partial charge in [-0.25, -0.2) is 4.79 Å². The van der Waals surface area contributed by atoms with E-state index < -0.39 is 5.97 Å². The lowest BCUT2D eigenvalue weighted by Gasteiger charge is -2.36. The van der Waals surface area contributed by atoms with Crippen LogP contribution in [-0.2, 0) is 0 Å². The van der Waals surface area contributed by atoms with Gasteiger partial charge in [0.1, 0.15) is 5.75 Å². The summed E-state index contributed by atoms with van der Waals surface area (Å²) in [6.45, 7) is 8.69. The molecule has 1 aliphatic rings. The molecule has 1 aromatic rings. The highest BCUT2D eigenvalue weighted by Gasteiger charge is 2.24. The highest BCUT2D eigenvalue weighted by atomic mass is 16.5. The lowest BCUT2D eigenvalue weighted by atomic mass is 9.83. The summed E-state index contributed by atoms with van der Waals surface area (Å²) >= 11 is 0. The first-order valence-electron chi connectivity index (χ1n) is 7.65. The first-order chi connectivity index (χ1) is 9.96. The third-order valence-electron chi connectivity index (χ3n) is 4.18. The fourth-order valence-corrected chi connectivity index (χ4v) is 2.58. The van der Waals surface area contributed by atoms with Crippen molar-refractivity contribution in [1.29, 1.82) is 0 Å². The van der Waals surface area contributed by atoms with Gasteiger partial charge in [0.25, 0.3) is 0 Å². The maximum atomic E-state index is 10.9. The first-order valence-corrected chi connectivity index (χ1v) is 7.65. The van der Waals surface area contributed by atoms with E-state index in [1.165, 1.54) is 25.9 Å². The maximum absolute atomic E-state index is 10.9. The smallest absolute Gasteiger partial charge is 0.335 e. The number of benzene rings is 1. The molecule has 1 heterocycles. The predicted octanol–water partition coefficient (Wildman–Crippen LogP) is 3.28. The SMILES string of the molecule is CC1(C)CCN(CCCOc2cccc(C(=O)O)c2)CC1. The van der Waals surface area contributed by atoms with Crippen LogP contribution in [0.5, 0.6) is 5.75 Å². The van der Waals surface area contributed by atoms with Gasteiger partial charge in [-0.1, -0.05) is 19.9 Å². The zero-order valence-electron chi connectivity index (χ0n) is 13.0. The highest BCUT2D eigenvalue weighted by Crippen LogP contribution is 2.29. The fourth-order valence-electron chi connectivity index (χ4n) is 2.58. The normalized spacial score (nSPS) is 18.4. The van der Waals surface area contributed by atoms with Gasteiger partial charge in [-0.15, -0.1) is 0 Å². The lowest BCUT2D eigenvalue weighted by Crippen LogP contribution is -2.38. The Labute approximate surface area is 126 Å². The van der Waals surface area contributed by atoms with Crippen LogP contribution >= 0.6 is 0 Å². The number of carboxylic acid groups (broad SMARTS) is 1. The molecule has 2 rings (SSSR count). The molecule has 4 nitrogen and oxygen atoms in total. The molecule has 1 fully saturated rings. The Morgan fingerprint density at radius 2 is 2.05 bits per heavy atom. The maximum Gasteiger partial charge on any atom is 0.335 e. The van der Waals surface area contributed by atoms with E-state index in [1.54, 1.807) is 24.3 Å². The summed E-state index contributed by atoms with van der Waals surface area (Å²) in [5.41, 5.74) is 0.760. The van der Waals surface area contributed by atoms with E-state index in [0.717, 1.165) is 13.0 Å². The Bertz CT molecular complexity index is 475. The van der Waals surface area contributed by atoms with E-state index in [4.69, 9.17) is 9.84 Å². The molecule has 0 unspecified atom stereocenters. The molecule has 1 N–H and O–H groups in total. The molecule has 0 saturated carbocycles. The molecule has 4 heteroatoms. The van der Waals surface area contributed by atoms with Crippen LogP contribution in [0.15, 0.2) is 24.3 Å². The Morgan fingerprint density at radius 1 is 1.33 bits per heavy atom. The summed E-state index contributed by atoms with van der Waals surface area (Å²) in [7, 11) is 0.